The van der Waals surface area contributed by atoms with Crippen LogP contribution in [0.2, 0.25) is 0 Å². The summed E-state index contributed by atoms with van der Waals surface area (Å²) in [5, 5.41) is 19.4. The van der Waals surface area contributed by atoms with Crippen molar-refractivity contribution in [3.63, 3.8) is 0 Å². The van der Waals surface area contributed by atoms with E-state index in [0.29, 0.717) is 22.4 Å². The minimum atomic E-state index is -0.493. The van der Waals surface area contributed by atoms with Crippen LogP contribution in [0.5, 0.6) is 5.75 Å². The lowest BCUT2D eigenvalue weighted by atomic mass is 9.97. The first-order valence-electron chi connectivity index (χ1n) is 11.0. The molecule has 0 aliphatic carbocycles. The van der Waals surface area contributed by atoms with Gasteiger partial charge in [-0.3, -0.25) is 4.68 Å². The Bertz CT molecular complexity index is 1320. The van der Waals surface area contributed by atoms with Crippen molar-refractivity contribution < 1.29 is 14.2 Å². The van der Waals surface area contributed by atoms with Crippen molar-refractivity contribution >= 4 is 28.2 Å². The van der Waals surface area contributed by atoms with E-state index in [4.69, 9.17) is 15.5 Å². The third-order valence-electron chi connectivity index (χ3n) is 6.44. The number of aromatic nitrogens is 6. The van der Waals surface area contributed by atoms with Crippen molar-refractivity contribution in [3.8, 4) is 5.75 Å². The Balaban J connectivity index is 1.47. The Morgan fingerprint density at radius 1 is 1.27 bits per heavy atom. The number of aliphatic hydroxyl groups is 1. The lowest BCUT2D eigenvalue weighted by Gasteiger charge is -2.32. The number of aliphatic hydroxyl groups excluding tert-OH is 1. The average molecular weight is 455 g/mol. The number of halogens is 1. The van der Waals surface area contributed by atoms with Crippen LogP contribution in [0.1, 0.15) is 44.5 Å². The van der Waals surface area contributed by atoms with Gasteiger partial charge in [0.05, 0.1) is 36.7 Å². The molecule has 1 fully saturated rings. The van der Waals surface area contributed by atoms with E-state index in [9.17, 15) is 9.50 Å². The molecule has 11 heteroatoms. The molecule has 5 rings (SSSR count). The number of nitrogen functional groups attached to an aromatic ring is 1. The summed E-state index contributed by atoms with van der Waals surface area (Å²) in [6.07, 6.45) is 5.19. The van der Waals surface area contributed by atoms with E-state index in [0.717, 1.165) is 31.6 Å². The van der Waals surface area contributed by atoms with Crippen LogP contribution in [0, 0.1) is 5.82 Å². The zero-order valence-electron chi connectivity index (χ0n) is 18.8. The van der Waals surface area contributed by atoms with E-state index < -0.39 is 11.9 Å². The minimum absolute atomic E-state index is 0.0775. The Hall–Kier alpha value is -3.47. The van der Waals surface area contributed by atoms with Crippen LogP contribution < -0.4 is 15.4 Å². The highest BCUT2D eigenvalue weighted by molar-refractivity contribution is 5.93. The number of piperidine rings is 1. The predicted octanol–water partition coefficient (Wildman–Crippen LogP) is 2.53. The van der Waals surface area contributed by atoms with Crippen molar-refractivity contribution in [2.24, 2.45) is 0 Å². The molecule has 1 aliphatic heterocycles. The number of nitrogens with zero attached hydrogens (tertiary/aromatic N) is 7. The lowest BCUT2D eigenvalue weighted by molar-refractivity contribution is 0.132. The van der Waals surface area contributed by atoms with Gasteiger partial charge in [-0.05, 0) is 32.8 Å². The summed E-state index contributed by atoms with van der Waals surface area (Å²) < 4.78 is 22.7. The van der Waals surface area contributed by atoms with Crippen molar-refractivity contribution in [3.05, 3.63) is 36.2 Å². The number of rotatable bonds is 5. The van der Waals surface area contributed by atoms with Crippen molar-refractivity contribution in [1.29, 1.82) is 0 Å². The number of fused-ring (bicyclic) bond motifs is 3. The number of ether oxygens (including phenoxy) is 1. The van der Waals surface area contributed by atoms with E-state index in [1.165, 1.54) is 23.8 Å². The highest BCUT2D eigenvalue weighted by Crippen LogP contribution is 2.31. The van der Waals surface area contributed by atoms with Gasteiger partial charge in [-0.15, -0.1) is 5.10 Å². The van der Waals surface area contributed by atoms with Crippen LogP contribution in [0.4, 0.5) is 16.0 Å². The monoisotopic (exact) mass is 454 g/mol. The van der Waals surface area contributed by atoms with Crippen LogP contribution >= 0.6 is 0 Å². The maximum absolute atomic E-state index is 14.4. The summed E-state index contributed by atoms with van der Waals surface area (Å²) in [5.74, 6) is 0.531. The maximum Gasteiger partial charge on any atom is 0.223 e. The highest BCUT2D eigenvalue weighted by atomic mass is 19.1. The van der Waals surface area contributed by atoms with Gasteiger partial charge in [-0.25, -0.2) is 14.4 Å². The molecule has 3 N–H and O–H groups in total. The summed E-state index contributed by atoms with van der Waals surface area (Å²) in [7, 11) is 1.41. The van der Waals surface area contributed by atoms with Crippen molar-refractivity contribution in [2.45, 2.75) is 44.8 Å². The van der Waals surface area contributed by atoms with Gasteiger partial charge < -0.3 is 20.5 Å². The van der Waals surface area contributed by atoms with E-state index in [1.54, 1.807) is 11.6 Å². The first-order valence-corrected chi connectivity index (χ1v) is 11.0. The third-order valence-corrected chi connectivity index (χ3v) is 6.44. The molecular weight excluding hydrogens is 427 g/mol. The third kappa shape index (κ3) is 3.71. The second-order valence-electron chi connectivity index (χ2n) is 8.62. The topological polar surface area (TPSA) is 120 Å². The normalized spacial score (nSPS) is 18.7. The molecule has 1 saturated heterocycles. The molecule has 3 atom stereocenters. The number of methoxy groups -OCH3 is 1. The van der Waals surface area contributed by atoms with Gasteiger partial charge in [0.15, 0.2) is 23.0 Å². The van der Waals surface area contributed by atoms with E-state index in [-0.39, 0.29) is 23.7 Å². The summed E-state index contributed by atoms with van der Waals surface area (Å²) in [4.78, 5) is 11.4. The Morgan fingerprint density at radius 3 is 2.85 bits per heavy atom. The van der Waals surface area contributed by atoms with E-state index in [2.05, 4.69) is 20.1 Å². The fraction of sp³-hybridized carbons (Fsp3) is 0.455. The SMILES string of the molecule is COc1cc2nc(N)n3nc([C@@H]4CCCN(c5cnn([C@@H](C)[C@@H](C)O)c5)C4)nc3c2cc1F. The maximum atomic E-state index is 14.4. The fourth-order valence-corrected chi connectivity index (χ4v) is 4.33. The molecule has 3 aromatic heterocycles. The zero-order valence-corrected chi connectivity index (χ0v) is 18.8. The van der Waals surface area contributed by atoms with E-state index in [1.807, 2.05) is 19.3 Å². The Kier molecular flexibility index (Phi) is 5.28. The number of benzene rings is 1. The van der Waals surface area contributed by atoms with E-state index >= 15 is 0 Å². The fourth-order valence-electron chi connectivity index (χ4n) is 4.33. The molecule has 1 aliphatic rings. The molecule has 33 heavy (non-hydrogen) atoms. The lowest BCUT2D eigenvalue weighted by Crippen LogP contribution is -2.34. The minimum Gasteiger partial charge on any atom is -0.494 e. The standard InChI is InChI=1S/C22H27FN8O2/c1-12(13(2)32)30-11-15(9-25-30)29-6-4-5-14(10-29)20-27-21-16-7-17(23)19(33-3)8-18(16)26-22(24)31(21)28-20/h7-9,11-14,32H,4-6,10H2,1-3H3,(H2,24,26)/t12-,13+,14+/m0/s1. The number of anilines is 2. The van der Waals surface area contributed by atoms with Crippen LogP contribution in [0.3, 0.4) is 0 Å². The first kappa shape index (κ1) is 21.4. The summed E-state index contributed by atoms with van der Waals surface area (Å²) in [6, 6.07) is 2.77. The zero-order chi connectivity index (χ0) is 23.3. The van der Waals surface area contributed by atoms with Crippen molar-refractivity contribution in [2.75, 3.05) is 30.8 Å². The summed E-state index contributed by atoms with van der Waals surface area (Å²) >= 11 is 0. The molecule has 1 aromatic carbocycles. The van der Waals surface area contributed by atoms with Gasteiger partial charge in [0.25, 0.3) is 0 Å². The summed E-state index contributed by atoms with van der Waals surface area (Å²) in [6.45, 7) is 5.31. The average Bonchev–Trinajstić information content (AvgIpc) is 3.47. The highest BCUT2D eigenvalue weighted by Gasteiger charge is 2.27. The van der Waals surface area contributed by atoms with Gasteiger partial charge >= 0.3 is 0 Å². The quantitative estimate of drug-likeness (QED) is 0.472. The Morgan fingerprint density at radius 2 is 2.09 bits per heavy atom. The van der Waals surface area contributed by atoms with Gasteiger partial charge in [0.1, 0.15) is 0 Å². The van der Waals surface area contributed by atoms with Crippen LogP contribution in [0.25, 0.3) is 16.6 Å². The molecule has 0 unspecified atom stereocenters. The molecule has 0 amide bonds. The first-order chi connectivity index (χ1) is 15.9. The van der Waals surface area contributed by atoms with Crippen LogP contribution in [0.15, 0.2) is 24.5 Å². The van der Waals surface area contributed by atoms with Crippen molar-refractivity contribution in [1.82, 2.24) is 29.4 Å². The predicted molar refractivity (Wildman–Crippen MR) is 122 cm³/mol. The van der Waals surface area contributed by atoms with Gasteiger partial charge in [0.2, 0.25) is 5.95 Å². The molecule has 174 valence electrons. The Labute approximate surface area is 189 Å². The molecule has 0 radical (unpaired) electrons. The second-order valence-corrected chi connectivity index (χ2v) is 8.62. The van der Waals surface area contributed by atoms with Gasteiger partial charge in [-0.1, -0.05) is 0 Å². The van der Waals surface area contributed by atoms with Gasteiger partial charge in [-0.2, -0.15) is 9.61 Å². The number of hydrogen-bond donors (Lipinski definition) is 2. The molecule has 0 saturated carbocycles. The number of nitrogens with two attached hydrogens (primary N) is 1. The smallest absolute Gasteiger partial charge is 0.223 e. The van der Waals surface area contributed by atoms with Gasteiger partial charge in [0, 0.05) is 36.7 Å². The summed E-state index contributed by atoms with van der Waals surface area (Å²) in [5.41, 5.74) is 8.12. The molecule has 10 nitrogen and oxygen atoms in total. The van der Waals surface area contributed by atoms with Crippen LogP contribution in [-0.4, -0.2) is 60.8 Å². The molecule has 4 aromatic rings. The molecule has 4 heterocycles. The molecule has 0 spiro atoms. The van der Waals surface area contributed by atoms with Crippen LogP contribution in [-0.2, 0) is 0 Å². The second kappa shape index (κ2) is 8.14. The molecule has 0 bridgehead atoms. The largest absolute Gasteiger partial charge is 0.494 e. The number of hydrogen-bond acceptors (Lipinski definition) is 8. The molecular formula is C22H27FN8O2.